The van der Waals surface area contributed by atoms with Crippen molar-refractivity contribution >= 4 is 17.9 Å². The predicted octanol–water partition coefficient (Wildman–Crippen LogP) is 1.76. The van der Waals surface area contributed by atoms with Gasteiger partial charge in [-0.05, 0) is 42.5 Å². The molecule has 0 saturated heterocycles. The van der Waals surface area contributed by atoms with E-state index >= 15 is 0 Å². The minimum Gasteiger partial charge on any atom is -0.497 e. The Balaban J connectivity index is 1.84. The molecular weight excluding hydrogens is 272 g/mol. The van der Waals surface area contributed by atoms with Gasteiger partial charge in [-0.1, -0.05) is 0 Å². The number of hydrazine groups is 1. The highest BCUT2D eigenvalue weighted by molar-refractivity contribution is 5.97. The molecule has 21 heavy (non-hydrogen) atoms. The molecular formula is C15H14N2O4. The third-order valence-electron chi connectivity index (χ3n) is 2.59. The quantitative estimate of drug-likeness (QED) is 0.663. The van der Waals surface area contributed by atoms with Gasteiger partial charge >= 0.3 is 0 Å². The summed E-state index contributed by atoms with van der Waals surface area (Å²) in [5.74, 6) is 0.314. The van der Waals surface area contributed by atoms with Crippen molar-refractivity contribution in [3.05, 3.63) is 60.1 Å². The number of methoxy groups -OCH3 is 1. The fraction of sp³-hybridized carbons (Fsp3) is 0.0667. The first-order valence-electron chi connectivity index (χ1n) is 6.15. The SMILES string of the molecule is COc1ccc(C(=O)NNC(=O)/C=C/c2ccco2)cc1. The molecule has 0 unspecified atom stereocenters. The fourth-order valence-electron chi connectivity index (χ4n) is 1.52. The molecule has 0 aliphatic carbocycles. The van der Waals surface area contributed by atoms with Crippen molar-refractivity contribution < 1.29 is 18.7 Å². The van der Waals surface area contributed by atoms with Crippen LogP contribution in [0.2, 0.25) is 0 Å². The van der Waals surface area contributed by atoms with Crippen LogP contribution in [0.4, 0.5) is 0 Å². The Hall–Kier alpha value is -3.02. The lowest BCUT2D eigenvalue weighted by molar-refractivity contribution is -0.117. The third-order valence-corrected chi connectivity index (χ3v) is 2.59. The van der Waals surface area contributed by atoms with E-state index in [-0.39, 0.29) is 0 Å². The number of carbonyl (C=O) groups excluding carboxylic acids is 2. The molecule has 0 aliphatic heterocycles. The van der Waals surface area contributed by atoms with Crippen molar-refractivity contribution in [1.82, 2.24) is 10.9 Å². The zero-order chi connectivity index (χ0) is 15.1. The van der Waals surface area contributed by atoms with E-state index in [1.807, 2.05) is 0 Å². The van der Waals surface area contributed by atoms with Gasteiger partial charge < -0.3 is 9.15 Å². The zero-order valence-electron chi connectivity index (χ0n) is 11.3. The van der Waals surface area contributed by atoms with Crippen LogP contribution in [0.1, 0.15) is 16.1 Å². The molecule has 1 aromatic carbocycles. The van der Waals surface area contributed by atoms with Crippen LogP contribution < -0.4 is 15.6 Å². The summed E-state index contributed by atoms with van der Waals surface area (Å²) in [5, 5.41) is 0. The van der Waals surface area contributed by atoms with Crippen LogP contribution in [-0.2, 0) is 4.79 Å². The Labute approximate surface area is 121 Å². The summed E-state index contributed by atoms with van der Waals surface area (Å²) < 4.78 is 10.0. The largest absolute Gasteiger partial charge is 0.497 e. The second-order valence-electron chi connectivity index (χ2n) is 4.02. The highest BCUT2D eigenvalue weighted by Crippen LogP contribution is 2.10. The molecule has 0 bridgehead atoms. The second-order valence-corrected chi connectivity index (χ2v) is 4.02. The van der Waals surface area contributed by atoms with Gasteiger partial charge in [0.15, 0.2) is 0 Å². The molecule has 2 rings (SSSR count). The van der Waals surface area contributed by atoms with Crippen molar-refractivity contribution in [2.45, 2.75) is 0 Å². The van der Waals surface area contributed by atoms with E-state index in [4.69, 9.17) is 9.15 Å². The summed E-state index contributed by atoms with van der Waals surface area (Å²) >= 11 is 0. The maximum Gasteiger partial charge on any atom is 0.269 e. The summed E-state index contributed by atoms with van der Waals surface area (Å²) in [6, 6.07) is 9.93. The minimum absolute atomic E-state index is 0.408. The molecule has 0 radical (unpaired) electrons. The van der Waals surface area contributed by atoms with E-state index in [2.05, 4.69) is 10.9 Å². The topological polar surface area (TPSA) is 80.6 Å². The van der Waals surface area contributed by atoms with E-state index in [0.717, 1.165) is 0 Å². The van der Waals surface area contributed by atoms with Gasteiger partial charge in [-0.25, -0.2) is 0 Å². The highest BCUT2D eigenvalue weighted by Gasteiger charge is 2.06. The molecule has 0 aliphatic rings. The standard InChI is InChI=1S/C15H14N2O4/c1-20-12-6-4-11(5-7-12)15(19)17-16-14(18)9-8-13-3-2-10-21-13/h2-10H,1H3,(H,16,18)(H,17,19)/b9-8+. The summed E-state index contributed by atoms with van der Waals surface area (Å²) in [4.78, 5) is 23.3. The lowest BCUT2D eigenvalue weighted by Gasteiger charge is -2.06. The van der Waals surface area contributed by atoms with Crippen LogP contribution in [-0.4, -0.2) is 18.9 Å². The number of nitrogens with one attached hydrogen (secondary N) is 2. The molecule has 0 fully saturated rings. The molecule has 1 heterocycles. The van der Waals surface area contributed by atoms with Crippen molar-refractivity contribution in [3.8, 4) is 5.75 Å². The smallest absolute Gasteiger partial charge is 0.269 e. The van der Waals surface area contributed by atoms with Crippen LogP contribution in [0.15, 0.2) is 53.2 Å². The van der Waals surface area contributed by atoms with Gasteiger partial charge in [-0.15, -0.1) is 0 Å². The Bertz CT molecular complexity index is 630. The average molecular weight is 286 g/mol. The second kappa shape index (κ2) is 6.95. The number of furan rings is 1. The lowest BCUT2D eigenvalue weighted by atomic mass is 10.2. The van der Waals surface area contributed by atoms with Crippen LogP contribution in [0, 0.1) is 0 Å². The summed E-state index contributed by atoms with van der Waals surface area (Å²) in [7, 11) is 1.54. The number of hydrogen-bond acceptors (Lipinski definition) is 4. The molecule has 6 nitrogen and oxygen atoms in total. The van der Waals surface area contributed by atoms with Gasteiger partial charge in [0.25, 0.3) is 11.8 Å². The Morgan fingerprint density at radius 2 is 1.90 bits per heavy atom. The van der Waals surface area contributed by atoms with Gasteiger partial charge in [-0.2, -0.15) is 0 Å². The van der Waals surface area contributed by atoms with Crippen LogP contribution in [0.5, 0.6) is 5.75 Å². The van der Waals surface area contributed by atoms with E-state index in [1.54, 1.807) is 43.5 Å². The summed E-state index contributed by atoms with van der Waals surface area (Å²) in [6.45, 7) is 0. The highest BCUT2D eigenvalue weighted by atomic mass is 16.5. The molecule has 6 heteroatoms. The fourth-order valence-corrected chi connectivity index (χ4v) is 1.52. The predicted molar refractivity (Wildman–Crippen MR) is 76.3 cm³/mol. The van der Waals surface area contributed by atoms with Crippen molar-refractivity contribution in [2.75, 3.05) is 7.11 Å². The van der Waals surface area contributed by atoms with Gasteiger partial charge in [0, 0.05) is 11.6 Å². The maximum atomic E-state index is 11.8. The molecule has 2 amide bonds. The van der Waals surface area contributed by atoms with Crippen LogP contribution >= 0.6 is 0 Å². The molecule has 0 atom stereocenters. The first-order valence-corrected chi connectivity index (χ1v) is 6.15. The number of hydrogen-bond donors (Lipinski definition) is 2. The molecule has 0 saturated carbocycles. The van der Waals surface area contributed by atoms with Crippen LogP contribution in [0.3, 0.4) is 0 Å². The molecule has 0 spiro atoms. The zero-order valence-corrected chi connectivity index (χ0v) is 11.3. The van der Waals surface area contributed by atoms with Gasteiger partial charge in [0.05, 0.1) is 13.4 Å². The van der Waals surface area contributed by atoms with Gasteiger partial charge in [0.2, 0.25) is 0 Å². The van der Waals surface area contributed by atoms with E-state index < -0.39 is 11.8 Å². The van der Waals surface area contributed by atoms with Crippen molar-refractivity contribution in [1.29, 1.82) is 0 Å². The number of rotatable bonds is 4. The molecule has 1 aromatic heterocycles. The van der Waals surface area contributed by atoms with E-state index in [0.29, 0.717) is 17.1 Å². The monoisotopic (exact) mass is 286 g/mol. The van der Waals surface area contributed by atoms with E-state index in [9.17, 15) is 9.59 Å². The average Bonchev–Trinajstić information content (AvgIpc) is 3.04. The first-order chi connectivity index (χ1) is 10.2. The molecule has 2 aromatic rings. The third kappa shape index (κ3) is 4.24. The van der Waals surface area contributed by atoms with Crippen molar-refractivity contribution in [2.24, 2.45) is 0 Å². The number of ether oxygens (including phenoxy) is 1. The number of amides is 2. The molecule has 2 N–H and O–H groups in total. The number of carbonyl (C=O) groups is 2. The molecule has 108 valence electrons. The summed E-state index contributed by atoms with van der Waals surface area (Å²) in [5.41, 5.74) is 4.99. The van der Waals surface area contributed by atoms with Gasteiger partial charge in [-0.3, -0.25) is 20.4 Å². The Kier molecular flexibility index (Phi) is 4.76. The Morgan fingerprint density at radius 1 is 1.14 bits per heavy atom. The maximum absolute atomic E-state index is 11.8. The number of benzene rings is 1. The van der Waals surface area contributed by atoms with E-state index in [1.165, 1.54) is 18.4 Å². The van der Waals surface area contributed by atoms with Crippen molar-refractivity contribution in [3.63, 3.8) is 0 Å². The lowest BCUT2D eigenvalue weighted by Crippen LogP contribution is -2.40. The Morgan fingerprint density at radius 3 is 2.52 bits per heavy atom. The summed E-state index contributed by atoms with van der Waals surface area (Å²) in [6.07, 6.45) is 4.25. The minimum atomic E-state index is -0.465. The van der Waals surface area contributed by atoms with Gasteiger partial charge in [0.1, 0.15) is 11.5 Å². The normalized spacial score (nSPS) is 10.3. The van der Waals surface area contributed by atoms with Crippen LogP contribution in [0.25, 0.3) is 6.08 Å². The first kappa shape index (κ1) is 14.4.